The Balaban J connectivity index is 2.60. The van der Waals surface area contributed by atoms with Crippen molar-refractivity contribution >= 4 is 17.7 Å². The fourth-order valence-electron chi connectivity index (χ4n) is 2.19. The van der Waals surface area contributed by atoms with E-state index < -0.39 is 5.60 Å². The van der Waals surface area contributed by atoms with E-state index >= 15 is 0 Å². The summed E-state index contributed by atoms with van der Waals surface area (Å²) in [6.07, 6.45) is -0.221. The first kappa shape index (κ1) is 15.6. The van der Waals surface area contributed by atoms with E-state index in [1.807, 2.05) is 20.8 Å². The molecular formula is C13H25ClN2O2. The monoisotopic (exact) mass is 276 g/mol. The van der Waals surface area contributed by atoms with Crippen LogP contribution in [0.3, 0.4) is 0 Å². The zero-order chi connectivity index (χ0) is 14.0. The standard InChI is InChI=1S/C13H25ClN2O2/c1-12(2,3)18-11(17)15-8-9-16(7-6-14)13(4,5)10-15/h6-10H2,1-5H3. The van der Waals surface area contributed by atoms with Crippen molar-refractivity contribution in [3.63, 3.8) is 0 Å². The minimum absolute atomic E-state index is 0.0515. The van der Waals surface area contributed by atoms with Gasteiger partial charge in [0.25, 0.3) is 0 Å². The summed E-state index contributed by atoms with van der Waals surface area (Å²) in [5.74, 6) is 0.621. The van der Waals surface area contributed by atoms with Crippen molar-refractivity contribution in [3.8, 4) is 0 Å². The zero-order valence-corrected chi connectivity index (χ0v) is 12.9. The van der Waals surface area contributed by atoms with Gasteiger partial charge in [0.05, 0.1) is 0 Å². The lowest BCUT2D eigenvalue weighted by Crippen LogP contribution is -2.61. The number of rotatable bonds is 2. The average Bonchev–Trinajstić information content (AvgIpc) is 2.18. The molecule has 0 bridgehead atoms. The maximum absolute atomic E-state index is 12.0. The maximum atomic E-state index is 12.0. The van der Waals surface area contributed by atoms with Gasteiger partial charge in [0.15, 0.2) is 0 Å². The highest BCUT2D eigenvalue weighted by Gasteiger charge is 2.36. The Kier molecular flexibility index (Phi) is 4.90. The van der Waals surface area contributed by atoms with Gasteiger partial charge in [-0.1, -0.05) is 0 Å². The number of hydrogen-bond donors (Lipinski definition) is 0. The number of ether oxygens (including phenoxy) is 1. The van der Waals surface area contributed by atoms with Crippen molar-refractivity contribution < 1.29 is 9.53 Å². The molecule has 1 fully saturated rings. The van der Waals surface area contributed by atoms with Crippen LogP contribution in [-0.2, 0) is 4.74 Å². The van der Waals surface area contributed by atoms with E-state index in [0.717, 1.165) is 13.1 Å². The summed E-state index contributed by atoms with van der Waals surface area (Å²) < 4.78 is 5.41. The Morgan fingerprint density at radius 1 is 1.33 bits per heavy atom. The van der Waals surface area contributed by atoms with E-state index in [1.165, 1.54) is 0 Å². The minimum atomic E-state index is -0.436. The molecule has 1 aliphatic rings. The van der Waals surface area contributed by atoms with Crippen molar-refractivity contribution in [2.45, 2.75) is 45.8 Å². The van der Waals surface area contributed by atoms with Gasteiger partial charge in [0.2, 0.25) is 0 Å². The molecule has 1 amide bonds. The predicted molar refractivity (Wildman–Crippen MR) is 74.2 cm³/mol. The van der Waals surface area contributed by atoms with Crippen LogP contribution in [0.4, 0.5) is 4.79 Å². The van der Waals surface area contributed by atoms with Gasteiger partial charge in [0.1, 0.15) is 5.60 Å². The van der Waals surface area contributed by atoms with E-state index in [1.54, 1.807) is 4.90 Å². The van der Waals surface area contributed by atoms with Crippen LogP contribution in [-0.4, -0.2) is 59.1 Å². The average molecular weight is 277 g/mol. The molecule has 18 heavy (non-hydrogen) atoms. The SMILES string of the molecule is CC(C)(C)OC(=O)N1CCN(CCCl)C(C)(C)C1. The second-order valence-corrected chi connectivity index (χ2v) is 6.77. The molecule has 0 spiro atoms. The highest BCUT2D eigenvalue weighted by Crippen LogP contribution is 2.22. The molecule has 106 valence electrons. The number of halogens is 1. The maximum Gasteiger partial charge on any atom is 0.410 e. The largest absolute Gasteiger partial charge is 0.444 e. The third-order valence-electron chi connectivity index (χ3n) is 3.08. The predicted octanol–water partition coefficient (Wildman–Crippen LogP) is 2.56. The number of hydrogen-bond acceptors (Lipinski definition) is 3. The molecule has 4 nitrogen and oxygen atoms in total. The van der Waals surface area contributed by atoms with E-state index in [4.69, 9.17) is 16.3 Å². The highest BCUT2D eigenvalue weighted by molar-refractivity contribution is 6.18. The molecule has 1 aliphatic heterocycles. The van der Waals surface area contributed by atoms with E-state index in [2.05, 4.69) is 18.7 Å². The topological polar surface area (TPSA) is 32.8 Å². The van der Waals surface area contributed by atoms with Gasteiger partial charge < -0.3 is 9.64 Å². The van der Waals surface area contributed by atoms with Crippen LogP contribution in [0.5, 0.6) is 0 Å². The van der Waals surface area contributed by atoms with Crippen molar-refractivity contribution in [1.82, 2.24) is 9.80 Å². The fraction of sp³-hybridized carbons (Fsp3) is 0.923. The first-order chi connectivity index (χ1) is 8.15. The van der Waals surface area contributed by atoms with Crippen LogP contribution in [0.2, 0.25) is 0 Å². The lowest BCUT2D eigenvalue weighted by molar-refractivity contribution is -0.0132. The number of amides is 1. The first-order valence-corrected chi connectivity index (χ1v) is 6.98. The number of carbonyl (C=O) groups is 1. The molecule has 0 N–H and O–H groups in total. The van der Waals surface area contributed by atoms with Gasteiger partial charge in [-0.2, -0.15) is 0 Å². The Bertz CT molecular complexity index is 300. The Hall–Kier alpha value is -0.480. The quantitative estimate of drug-likeness (QED) is 0.727. The smallest absolute Gasteiger partial charge is 0.410 e. The van der Waals surface area contributed by atoms with Crippen LogP contribution in [0, 0.1) is 0 Å². The van der Waals surface area contributed by atoms with E-state index in [9.17, 15) is 4.79 Å². The molecule has 0 aromatic carbocycles. The molecule has 0 saturated carbocycles. The van der Waals surface area contributed by atoms with Gasteiger partial charge in [0, 0.05) is 37.6 Å². The lowest BCUT2D eigenvalue weighted by Gasteiger charge is -2.46. The summed E-state index contributed by atoms with van der Waals surface area (Å²) in [7, 11) is 0. The molecule has 5 heteroatoms. The first-order valence-electron chi connectivity index (χ1n) is 6.45. The second kappa shape index (κ2) is 5.66. The normalized spacial score (nSPS) is 20.9. The van der Waals surface area contributed by atoms with Crippen molar-refractivity contribution in [2.24, 2.45) is 0 Å². The molecule has 1 heterocycles. The molecular weight excluding hydrogens is 252 g/mol. The third kappa shape index (κ3) is 4.32. The van der Waals surface area contributed by atoms with Crippen molar-refractivity contribution in [3.05, 3.63) is 0 Å². The van der Waals surface area contributed by atoms with Gasteiger partial charge >= 0.3 is 6.09 Å². The molecule has 0 aromatic heterocycles. The Morgan fingerprint density at radius 3 is 2.39 bits per heavy atom. The fourth-order valence-corrected chi connectivity index (χ4v) is 2.39. The second-order valence-electron chi connectivity index (χ2n) is 6.39. The molecule has 1 rings (SSSR count). The lowest BCUT2D eigenvalue weighted by atomic mass is 9.99. The molecule has 0 unspecified atom stereocenters. The summed E-state index contributed by atoms with van der Waals surface area (Å²) in [5.41, 5.74) is -0.488. The van der Waals surface area contributed by atoms with Crippen LogP contribution in [0.25, 0.3) is 0 Å². The van der Waals surface area contributed by atoms with Crippen LogP contribution in [0.1, 0.15) is 34.6 Å². The van der Waals surface area contributed by atoms with Gasteiger partial charge in [-0.3, -0.25) is 4.90 Å². The number of piperazine rings is 1. The Morgan fingerprint density at radius 2 is 1.94 bits per heavy atom. The summed E-state index contributed by atoms with van der Waals surface area (Å²) in [6.45, 7) is 13.0. The highest BCUT2D eigenvalue weighted by atomic mass is 35.5. The van der Waals surface area contributed by atoms with Gasteiger partial charge in [-0.05, 0) is 34.6 Å². The summed E-state index contributed by atoms with van der Waals surface area (Å²) >= 11 is 5.80. The molecule has 0 atom stereocenters. The van der Waals surface area contributed by atoms with Crippen molar-refractivity contribution in [2.75, 3.05) is 32.1 Å². The number of nitrogens with zero attached hydrogens (tertiary/aromatic N) is 2. The zero-order valence-electron chi connectivity index (χ0n) is 12.1. The van der Waals surface area contributed by atoms with E-state index in [0.29, 0.717) is 19.0 Å². The molecule has 0 aliphatic carbocycles. The summed E-state index contributed by atoms with van der Waals surface area (Å²) in [6, 6.07) is 0. The summed E-state index contributed by atoms with van der Waals surface area (Å²) in [5, 5.41) is 0. The Labute approximate surface area is 115 Å². The van der Waals surface area contributed by atoms with Gasteiger partial charge in [-0.25, -0.2) is 4.79 Å². The number of carbonyl (C=O) groups excluding carboxylic acids is 1. The molecule has 0 radical (unpaired) electrons. The van der Waals surface area contributed by atoms with Crippen LogP contribution < -0.4 is 0 Å². The van der Waals surface area contributed by atoms with Crippen LogP contribution >= 0.6 is 11.6 Å². The van der Waals surface area contributed by atoms with Crippen LogP contribution in [0.15, 0.2) is 0 Å². The minimum Gasteiger partial charge on any atom is -0.444 e. The number of alkyl halides is 1. The third-order valence-corrected chi connectivity index (χ3v) is 3.25. The van der Waals surface area contributed by atoms with Gasteiger partial charge in [-0.15, -0.1) is 11.6 Å². The summed E-state index contributed by atoms with van der Waals surface area (Å²) in [4.78, 5) is 16.1. The van der Waals surface area contributed by atoms with Crippen molar-refractivity contribution in [1.29, 1.82) is 0 Å². The molecule has 0 aromatic rings. The van der Waals surface area contributed by atoms with E-state index in [-0.39, 0.29) is 11.6 Å². The molecule has 1 saturated heterocycles.